The van der Waals surface area contributed by atoms with Gasteiger partial charge in [-0.1, -0.05) is 12.1 Å². The summed E-state index contributed by atoms with van der Waals surface area (Å²) >= 11 is 0. The Kier molecular flexibility index (Phi) is 7.26. The molecule has 0 saturated carbocycles. The number of amides is 1. The van der Waals surface area contributed by atoms with Crippen molar-refractivity contribution in [2.75, 3.05) is 5.32 Å². The van der Waals surface area contributed by atoms with Crippen LogP contribution in [-0.2, 0) is 14.9 Å². The smallest absolute Gasteiger partial charge is 0.319 e. The molecule has 1 rings (SSSR count). The fourth-order valence-electron chi connectivity index (χ4n) is 2.10. The Morgan fingerprint density at radius 1 is 0.657 bits per heavy atom. The molecule has 0 radical (unpaired) electrons. The summed E-state index contributed by atoms with van der Waals surface area (Å²) in [4.78, 5) is 9.86. The molecule has 2 N–H and O–H groups in total. The lowest BCUT2D eigenvalue weighted by molar-refractivity contribution is -0.449. The summed E-state index contributed by atoms with van der Waals surface area (Å²) in [6.45, 7) is 0. The topological polar surface area (TPSA) is 83.5 Å². The van der Waals surface area contributed by atoms with E-state index in [1.165, 1.54) is 0 Å². The van der Waals surface area contributed by atoms with Gasteiger partial charge in [-0.2, -0.15) is 74.3 Å². The first-order chi connectivity index (χ1) is 15.1. The van der Waals surface area contributed by atoms with Crippen LogP contribution < -0.4 is 5.32 Å². The van der Waals surface area contributed by atoms with Crippen molar-refractivity contribution in [2.24, 2.45) is 0 Å². The van der Waals surface area contributed by atoms with Gasteiger partial charge in [-0.05, 0) is 12.1 Å². The number of carbonyl (C=O) groups excluding carboxylic acids is 1. The largest absolute Gasteiger partial charge is 0.460 e. The zero-order valence-corrected chi connectivity index (χ0v) is 16.4. The van der Waals surface area contributed by atoms with Crippen LogP contribution in [0.5, 0.6) is 0 Å². The molecule has 0 aromatic heterocycles. The van der Waals surface area contributed by atoms with Gasteiger partial charge in [0.05, 0.1) is 5.69 Å². The molecule has 0 heterocycles. The molecule has 1 aromatic rings. The highest BCUT2D eigenvalue weighted by Gasteiger charge is 2.94. The van der Waals surface area contributed by atoms with Crippen molar-refractivity contribution >= 4 is 21.7 Å². The molecule has 1 amide bonds. The number of anilines is 1. The molecular formula is C14H6F15NO4S. The molecule has 0 bridgehead atoms. The van der Waals surface area contributed by atoms with Crippen LogP contribution in [-0.4, -0.2) is 60.6 Å². The van der Waals surface area contributed by atoms with Crippen molar-refractivity contribution in [2.45, 2.75) is 46.6 Å². The van der Waals surface area contributed by atoms with Crippen LogP contribution in [0, 0.1) is 0 Å². The highest BCUT2D eigenvalue weighted by atomic mass is 32.2. The zero-order valence-electron chi connectivity index (χ0n) is 15.6. The second-order valence-electron chi connectivity index (χ2n) is 6.37. The normalized spacial score (nSPS) is 15.2. The minimum atomic E-state index is -8.58. The van der Waals surface area contributed by atoms with Crippen LogP contribution in [0.1, 0.15) is 0 Å². The van der Waals surface area contributed by atoms with E-state index in [2.05, 4.69) is 0 Å². The van der Waals surface area contributed by atoms with E-state index in [9.17, 15) is 79.1 Å². The lowest BCUT2D eigenvalue weighted by atomic mass is 9.91. The summed E-state index contributed by atoms with van der Waals surface area (Å²) in [5.41, 5.74) is -1.58. The standard InChI is InChI=1S/C14H6F15NO4S/c15-8(16,7(31)30-5-3-1-2-4-6(5)35(32,33)34)9(17,18)10(19,20)11(21,22)12(23,24)13(25,26)14(27,28)29/h1-4H,(H,30,31)(H,32,33,34). The monoisotopic (exact) mass is 569 g/mol. The van der Waals surface area contributed by atoms with Gasteiger partial charge >= 0.3 is 47.6 Å². The van der Waals surface area contributed by atoms with Crippen molar-refractivity contribution < 1.29 is 83.6 Å². The van der Waals surface area contributed by atoms with Crippen LogP contribution in [0.3, 0.4) is 0 Å². The Balaban J connectivity index is 3.59. The molecule has 0 saturated heterocycles. The molecule has 202 valence electrons. The SMILES string of the molecule is O=C(Nc1ccccc1S(=O)(=O)O)C(F)(F)C(F)(F)C(F)(F)C(F)(F)C(F)(F)C(F)(F)C(F)(F)F. The number of rotatable bonds is 8. The molecule has 0 aliphatic carbocycles. The summed E-state index contributed by atoms with van der Waals surface area (Å²) in [5.74, 6) is -53.0. The third-order valence-electron chi connectivity index (χ3n) is 4.03. The van der Waals surface area contributed by atoms with E-state index in [0.717, 1.165) is 0 Å². The van der Waals surface area contributed by atoms with Crippen LogP contribution in [0.15, 0.2) is 29.2 Å². The predicted molar refractivity (Wildman–Crippen MR) is 80.6 cm³/mol. The third-order valence-corrected chi connectivity index (χ3v) is 4.94. The van der Waals surface area contributed by atoms with E-state index in [1.54, 1.807) is 0 Å². The van der Waals surface area contributed by atoms with Crippen LogP contribution in [0.2, 0.25) is 0 Å². The Labute approximate surface area is 182 Å². The summed E-state index contributed by atoms with van der Waals surface area (Å²) in [6, 6.07) is 1.88. The molecule has 0 unspecified atom stereocenters. The maximum Gasteiger partial charge on any atom is 0.460 e. The molecule has 0 fully saturated rings. The second kappa shape index (κ2) is 8.30. The number of nitrogens with one attached hydrogen (secondary N) is 1. The number of para-hydroxylation sites is 1. The molecule has 0 atom stereocenters. The number of benzene rings is 1. The highest BCUT2D eigenvalue weighted by Crippen LogP contribution is 2.62. The van der Waals surface area contributed by atoms with Gasteiger partial charge in [-0.3, -0.25) is 9.35 Å². The van der Waals surface area contributed by atoms with E-state index in [-0.39, 0.29) is 6.07 Å². The van der Waals surface area contributed by atoms with E-state index < -0.39 is 68.3 Å². The van der Waals surface area contributed by atoms with Crippen molar-refractivity contribution in [3.63, 3.8) is 0 Å². The number of halogens is 15. The molecular weight excluding hydrogens is 563 g/mol. The molecule has 35 heavy (non-hydrogen) atoms. The van der Waals surface area contributed by atoms with Crippen molar-refractivity contribution in [3.8, 4) is 0 Å². The molecule has 0 aliphatic rings. The van der Waals surface area contributed by atoms with Gasteiger partial charge in [0, 0.05) is 0 Å². The van der Waals surface area contributed by atoms with Crippen LogP contribution in [0.25, 0.3) is 0 Å². The van der Waals surface area contributed by atoms with E-state index >= 15 is 0 Å². The average molecular weight is 569 g/mol. The van der Waals surface area contributed by atoms with Gasteiger partial charge in [0.2, 0.25) is 0 Å². The van der Waals surface area contributed by atoms with Crippen LogP contribution in [0.4, 0.5) is 71.5 Å². The highest BCUT2D eigenvalue weighted by molar-refractivity contribution is 7.86. The van der Waals surface area contributed by atoms with Gasteiger partial charge in [0.25, 0.3) is 10.1 Å². The molecule has 1 aromatic carbocycles. The van der Waals surface area contributed by atoms with Gasteiger partial charge in [-0.25, -0.2) is 0 Å². The molecule has 5 nitrogen and oxygen atoms in total. The van der Waals surface area contributed by atoms with Gasteiger partial charge in [-0.15, -0.1) is 0 Å². The quantitative estimate of drug-likeness (QED) is 0.331. The lowest BCUT2D eigenvalue weighted by Gasteiger charge is -2.41. The van der Waals surface area contributed by atoms with E-state index in [0.29, 0.717) is 23.5 Å². The summed E-state index contributed by atoms with van der Waals surface area (Å²) < 4.78 is 228. The van der Waals surface area contributed by atoms with Gasteiger partial charge < -0.3 is 5.32 Å². The summed E-state index contributed by atoms with van der Waals surface area (Å²) in [7, 11) is -5.47. The zero-order chi connectivity index (χ0) is 28.3. The Bertz CT molecular complexity index is 1080. The first-order valence-corrected chi connectivity index (χ1v) is 9.28. The number of carbonyl (C=O) groups is 1. The van der Waals surface area contributed by atoms with E-state index in [4.69, 9.17) is 4.55 Å². The minimum absolute atomic E-state index is 0.236. The number of hydrogen-bond acceptors (Lipinski definition) is 3. The molecule has 0 spiro atoms. The number of alkyl halides is 15. The maximum absolute atomic E-state index is 13.8. The van der Waals surface area contributed by atoms with Gasteiger partial charge in [0.15, 0.2) is 0 Å². The average Bonchev–Trinajstić information content (AvgIpc) is 2.65. The third kappa shape index (κ3) is 4.47. The Hall–Kier alpha value is -2.45. The van der Waals surface area contributed by atoms with Gasteiger partial charge in [0.1, 0.15) is 4.90 Å². The van der Waals surface area contributed by atoms with Crippen molar-refractivity contribution in [1.29, 1.82) is 0 Å². The van der Waals surface area contributed by atoms with E-state index in [1.807, 2.05) is 0 Å². The first-order valence-electron chi connectivity index (χ1n) is 7.84. The van der Waals surface area contributed by atoms with Crippen molar-refractivity contribution in [1.82, 2.24) is 0 Å². The van der Waals surface area contributed by atoms with Crippen LogP contribution >= 0.6 is 0 Å². The fourth-order valence-corrected chi connectivity index (χ4v) is 2.75. The minimum Gasteiger partial charge on any atom is -0.319 e. The second-order valence-corrected chi connectivity index (χ2v) is 7.76. The Morgan fingerprint density at radius 2 is 1.03 bits per heavy atom. The predicted octanol–water partition coefficient (Wildman–Crippen LogP) is 5.25. The summed E-state index contributed by atoms with van der Waals surface area (Å²) in [5, 5.41) is 0.478. The maximum atomic E-state index is 13.8. The Morgan fingerprint density at radius 3 is 1.43 bits per heavy atom. The summed E-state index contributed by atoms with van der Waals surface area (Å²) in [6.07, 6.45) is -7.77. The van der Waals surface area contributed by atoms with Crippen molar-refractivity contribution in [3.05, 3.63) is 24.3 Å². The molecule has 21 heteroatoms. The fraction of sp³-hybridized carbons (Fsp3) is 0.500. The first kappa shape index (κ1) is 30.6. The number of hydrogen-bond donors (Lipinski definition) is 2. The molecule has 0 aliphatic heterocycles. The lowest BCUT2D eigenvalue weighted by Crippen LogP contribution is -2.73.